The van der Waals surface area contributed by atoms with E-state index in [4.69, 9.17) is 4.74 Å². The number of aromatic nitrogens is 3. The number of ether oxygens (including phenoxy) is 1. The lowest BCUT2D eigenvalue weighted by molar-refractivity contribution is -0.148. The number of piperazine rings is 1. The van der Waals surface area contributed by atoms with E-state index < -0.39 is 18.7 Å². The van der Waals surface area contributed by atoms with Gasteiger partial charge in [-0.3, -0.25) is 4.90 Å². The normalized spacial score (nSPS) is 15.1. The number of carbonyl (C=O) groups excluding carboxylic acids is 1. The molecule has 1 fully saturated rings. The predicted molar refractivity (Wildman–Crippen MR) is 132 cm³/mol. The second kappa shape index (κ2) is 9.93. The van der Waals surface area contributed by atoms with Crippen LogP contribution in [0.4, 0.5) is 13.2 Å². The van der Waals surface area contributed by atoms with E-state index in [1.54, 1.807) is 19.9 Å². The van der Waals surface area contributed by atoms with Crippen molar-refractivity contribution in [2.75, 3.05) is 32.7 Å². The van der Waals surface area contributed by atoms with E-state index in [1.807, 2.05) is 47.5 Å². The van der Waals surface area contributed by atoms with Gasteiger partial charge in [-0.25, -0.2) is 4.79 Å². The molecule has 0 saturated carbocycles. The molecule has 4 rings (SSSR count). The molecule has 3 aromatic rings. The highest BCUT2D eigenvalue weighted by atomic mass is 19.4. The molecule has 0 unspecified atom stereocenters. The summed E-state index contributed by atoms with van der Waals surface area (Å²) in [6.45, 7) is 12.0. The summed E-state index contributed by atoms with van der Waals surface area (Å²) in [6, 6.07) is 7.44. The average Bonchev–Trinajstić information content (AvgIpc) is 3.21. The summed E-state index contributed by atoms with van der Waals surface area (Å²) in [5.41, 5.74) is 5.42. The number of aryl methyl sites for hydroxylation is 1. The molecule has 0 aromatic carbocycles. The van der Waals surface area contributed by atoms with Gasteiger partial charge in [0, 0.05) is 37.9 Å². The van der Waals surface area contributed by atoms with E-state index in [1.165, 1.54) is 4.90 Å². The van der Waals surface area contributed by atoms with Gasteiger partial charge in [-0.1, -0.05) is 6.58 Å². The molecule has 0 atom stereocenters. The Balaban J connectivity index is 1.76. The molecular weight excluding hydrogens is 471 g/mol. The Hall–Kier alpha value is -3.40. The van der Waals surface area contributed by atoms with Crippen LogP contribution in [0.15, 0.2) is 37.0 Å². The maximum Gasteiger partial charge on any atom is 0.401 e. The Morgan fingerprint density at radius 2 is 1.81 bits per heavy atom. The largest absolute Gasteiger partial charge is 0.459 e. The van der Waals surface area contributed by atoms with Crippen molar-refractivity contribution in [3.63, 3.8) is 0 Å². The molecule has 0 aliphatic carbocycles. The first-order valence-corrected chi connectivity index (χ1v) is 11.8. The number of hydrogen-bond donors (Lipinski definition) is 0. The summed E-state index contributed by atoms with van der Waals surface area (Å²) in [4.78, 5) is 16.4. The maximum absolute atomic E-state index is 13.0. The highest BCUT2D eigenvalue weighted by Gasteiger charge is 2.33. The monoisotopic (exact) mass is 501 g/mol. The summed E-state index contributed by atoms with van der Waals surface area (Å²) in [6.07, 6.45) is -2.64. The van der Waals surface area contributed by atoms with Crippen LogP contribution in [0.2, 0.25) is 0 Å². The zero-order chi connectivity index (χ0) is 26.2. The van der Waals surface area contributed by atoms with Crippen LogP contribution in [0, 0.1) is 13.8 Å². The Bertz CT molecular complexity index is 1270. The van der Waals surface area contributed by atoms with Gasteiger partial charge in [0.05, 0.1) is 46.5 Å². The van der Waals surface area contributed by atoms with Crippen molar-refractivity contribution in [1.29, 1.82) is 0 Å². The van der Waals surface area contributed by atoms with Crippen LogP contribution in [0.5, 0.6) is 0 Å². The number of halogens is 3. The molecular formula is C26H30F3N5O2. The van der Waals surface area contributed by atoms with Crippen LogP contribution < -0.4 is 0 Å². The number of rotatable bonds is 6. The number of esters is 1. The summed E-state index contributed by atoms with van der Waals surface area (Å²) in [5, 5.41) is 8.47. The van der Waals surface area contributed by atoms with E-state index in [0.717, 1.165) is 16.8 Å². The minimum absolute atomic E-state index is 0.270. The average molecular weight is 502 g/mol. The summed E-state index contributed by atoms with van der Waals surface area (Å²) >= 11 is 0. The minimum atomic E-state index is -4.23. The lowest BCUT2D eigenvalue weighted by atomic mass is 10.0. The fraction of sp³-hybridized carbons (Fsp3) is 0.423. The smallest absolute Gasteiger partial charge is 0.401 e. The summed E-state index contributed by atoms with van der Waals surface area (Å²) in [5.74, 6) is -0.448. The van der Waals surface area contributed by atoms with Crippen molar-refractivity contribution in [3.8, 4) is 11.3 Å². The van der Waals surface area contributed by atoms with Gasteiger partial charge in [-0.15, -0.1) is 0 Å². The van der Waals surface area contributed by atoms with Gasteiger partial charge >= 0.3 is 12.1 Å². The molecule has 1 aliphatic heterocycles. The molecule has 3 aromatic heterocycles. The molecule has 1 aliphatic rings. The Labute approximate surface area is 208 Å². The molecule has 1 saturated heterocycles. The van der Waals surface area contributed by atoms with E-state index in [-0.39, 0.29) is 19.2 Å². The zero-order valence-electron chi connectivity index (χ0n) is 20.9. The third kappa shape index (κ3) is 5.38. The van der Waals surface area contributed by atoms with Gasteiger partial charge in [-0.05, 0) is 57.5 Å². The van der Waals surface area contributed by atoms with Crippen LogP contribution in [0.25, 0.3) is 22.5 Å². The first kappa shape index (κ1) is 25.7. The molecule has 10 heteroatoms. The molecule has 36 heavy (non-hydrogen) atoms. The number of carbonyl (C=O) groups is 1. The minimum Gasteiger partial charge on any atom is -0.459 e. The second-order valence-electron chi connectivity index (χ2n) is 9.36. The highest BCUT2D eigenvalue weighted by Crippen LogP contribution is 2.33. The van der Waals surface area contributed by atoms with E-state index in [0.29, 0.717) is 41.3 Å². The molecule has 7 nitrogen and oxygen atoms in total. The fourth-order valence-corrected chi connectivity index (χ4v) is 4.52. The molecule has 4 heterocycles. The molecule has 0 bridgehead atoms. The zero-order valence-corrected chi connectivity index (χ0v) is 20.9. The van der Waals surface area contributed by atoms with Crippen molar-refractivity contribution in [3.05, 3.63) is 59.6 Å². The van der Waals surface area contributed by atoms with Crippen molar-refractivity contribution < 1.29 is 22.7 Å². The molecule has 192 valence electrons. The van der Waals surface area contributed by atoms with Gasteiger partial charge < -0.3 is 14.0 Å². The number of hydrogen-bond acceptors (Lipinski definition) is 6. The van der Waals surface area contributed by atoms with Gasteiger partial charge in [0.1, 0.15) is 0 Å². The van der Waals surface area contributed by atoms with Crippen molar-refractivity contribution in [2.24, 2.45) is 0 Å². The van der Waals surface area contributed by atoms with E-state index in [9.17, 15) is 18.0 Å². The van der Waals surface area contributed by atoms with Crippen molar-refractivity contribution in [2.45, 2.75) is 40.0 Å². The molecule has 0 amide bonds. The van der Waals surface area contributed by atoms with Crippen molar-refractivity contribution >= 4 is 17.2 Å². The number of alkyl halides is 3. The van der Waals surface area contributed by atoms with Gasteiger partial charge in [0.2, 0.25) is 0 Å². The van der Waals surface area contributed by atoms with Crippen LogP contribution in [0.1, 0.15) is 41.2 Å². The summed E-state index contributed by atoms with van der Waals surface area (Å²) < 4.78 is 46.0. The Kier molecular flexibility index (Phi) is 7.08. The number of fused-ring (bicyclic) bond motifs is 1. The van der Waals surface area contributed by atoms with Crippen LogP contribution in [0.3, 0.4) is 0 Å². The predicted octanol–water partition coefficient (Wildman–Crippen LogP) is 4.73. The lowest BCUT2D eigenvalue weighted by Crippen LogP contribution is -2.48. The Morgan fingerprint density at radius 1 is 1.11 bits per heavy atom. The highest BCUT2D eigenvalue weighted by molar-refractivity contribution is 5.96. The second-order valence-corrected chi connectivity index (χ2v) is 9.36. The molecule has 0 radical (unpaired) electrons. The van der Waals surface area contributed by atoms with Gasteiger partial charge in [0.15, 0.2) is 0 Å². The third-order valence-electron chi connectivity index (χ3n) is 6.27. The quantitative estimate of drug-likeness (QED) is 0.455. The standard InChI is InChI=1S/C26H30F3N5O2/c1-16(2)36-25(35)21-14-23-20(22-7-6-17(3)30-31-22)8-9-34(23)24(18(21)4)19(5)33-12-10-32(11-13-33)15-26(27,28)29/h6-9,14,16H,5,10-13,15H2,1-4H3. The van der Waals surface area contributed by atoms with Crippen LogP contribution in [-0.2, 0) is 4.74 Å². The number of pyridine rings is 1. The summed E-state index contributed by atoms with van der Waals surface area (Å²) in [7, 11) is 0. The first-order valence-electron chi connectivity index (χ1n) is 11.8. The molecule has 0 spiro atoms. The van der Waals surface area contributed by atoms with Crippen LogP contribution >= 0.6 is 0 Å². The third-order valence-corrected chi connectivity index (χ3v) is 6.27. The fourth-order valence-electron chi connectivity index (χ4n) is 4.52. The first-order chi connectivity index (χ1) is 16.9. The van der Waals surface area contributed by atoms with E-state index >= 15 is 0 Å². The topological polar surface area (TPSA) is 63.0 Å². The van der Waals surface area contributed by atoms with Crippen molar-refractivity contribution in [1.82, 2.24) is 24.4 Å². The Morgan fingerprint density at radius 3 is 2.39 bits per heavy atom. The van der Waals surface area contributed by atoms with Gasteiger partial charge in [-0.2, -0.15) is 23.4 Å². The SMILES string of the molecule is C=C(c1c(C)c(C(=O)OC(C)C)cc2c(-c3ccc(C)nn3)ccn12)N1CCN(CC(F)(F)F)CC1. The lowest BCUT2D eigenvalue weighted by Gasteiger charge is -2.37. The molecule has 0 N–H and O–H groups in total. The maximum atomic E-state index is 13.0. The van der Waals surface area contributed by atoms with Crippen LogP contribution in [-0.4, -0.2) is 75.4 Å². The van der Waals surface area contributed by atoms with Gasteiger partial charge in [0.25, 0.3) is 0 Å². The number of nitrogens with zero attached hydrogens (tertiary/aromatic N) is 5. The van der Waals surface area contributed by atoms with E-state index in [2.05, 4.69) is 16.8 Å².